The number of rotatable bonds is 5. The second-order valence-electron chi connectivity index (χ2n) is 5.67. The van der Waals surface area contributed by atoms with Crippen molar-refractivity contribution >= 4 is 5.69 Å². The van der Waals surface area contributed by atoms with Crippen LogP contribution in [0, 0.1) is 16.0 Å². The first kappa shape index (κ1) is 14.9. The lowest BCUT2D eigenvalue weighted by molar-refractivity contribution is -0.384. The summed E-state index contributed by atoms with van der Waals surface area (Å²) in [5, 5.41) is 23.9. The molecule has 0 bridgehead atoms. The second-order valence-corrected chi connectivity index (χ2v) is 5.67. The van der Waals surface area contributed by atoms with Gasteiger partial charge in [0.05, 0.1) is 11.0 Å². The van der Waals surface area contributed by atoms with Crippen molar-refractivity contribution in [1.82, 2.24) is 5.32 Å². The van der Waals surface area contributed by atoms with E-state index in [-0.39, 0.29) is 22.8 Å². The molecule has 110 valence electrons. The normalized spacial score (nSPS) is 24.3. The Bertz CT molecular complexity index is 464. The summed E-state index contributed by atoms with van der Waals surface area (Å²) >= 11 is 0. The standard InChI is InChI=1S/C15H22N2O3/c1-11(13-5-3-6-14(9-13)17(19)20)16-10-12-4-2-7-15(18)8-12/h3,5-6,9,11-12,15-16,18H,2,4,7-8,10H2,1H3. The Hall–Kier alpha value is -1.46. The quantitative estimate of drug-likeness (QED) is 0.641. The topological polar surface area (TPSA) is 75.4 Å². The summed E-state index contributed by atoms with van der Waals surface area (Å²) in [4.78, 5) is 10.4. The minimum atomic E-state index is -0.367. The van der Waals surface area contributed by atoms with E-state index in [1.54, 1.807) is 12.1 Å². The number of aliphatic hydroxyl groups excluding tert-OH is 1. The minimum absolute atomic E-state index is 0.0777. The Morgan fingerprint density at radius 2 is 2.30 bits per heavy atom. The summed E-state index contributed by atoms with van der Waals surface area (Å²) in [6.07, 6.45) is 3.83. The highest BCUT2D eigenvalue weighted by Gasteiger charge is 2.20. The lowest BCUT2D eigenvalue weighted by Crippen LogP contribution is -2.30. The molecule has 0 saturated heterocycles. The van der Waals surface area contributed by atoms with Crippen LogP contribution in [0.3, 0.4) is 0 Å². The van der Waals surface area contributed by atoms with Crippen molar-refractivity contribution in [3.8, 4) is 0 Å². The summed E-state index contributed by atoms with van der Waals surface area (Å²) in [6.45, 7) is 2.86. The van der Waals surface area contributed by atoms with Crippen molar-refractivity contribution in [2.24, 2.45) is 5.92 Å². The number of nitro benzene ring substituents is 1. The van der Waals surface area contributed by atoms with Crippen LogP contribution < -0.4 is 5.32 Å². The average molecular weight is 278 g/mol. The van der Waals surface area contributed by atoms with Gasteiger partial charge in [-0.3, -0.25) is 10.1 Å². The maximum atomic E-state index is 10.8. The molecule has 0 aliphatic heterocycles. The number of non-ortho nitro benzene ring substituents is 1. The molecule has 1 saturated carbocycles. The highest BCUT2D eigenvalue weighted by atomic mass is 16.6. The zero-order valence-corrected chi connectivity index (χ0v) is 11.8. The predicted octanol–water partition coefficient (Wildman–Crippen LogP) is 2.80. The van der Waals surface area contributed by atoms with Crippen LogP contribution in [0.1, 0.15) is 44.2 Å². The number of aliphatic hydroxyl groups is 1. The van der Waals surface area contributed by atoms with E-state index in [1.807, 2.05) is 13.0 Å². The molecule has 5 heteroatoms. The zero-order valence-electron chi connectivity index (χ0n) is 11.8. The van der Waals surface area contributed by atoms with E-state index < -0.39 is 0 Å². The Kier molecular flexibility index (Phi) is 5.09. The van der Waals surface area contributed by atoms with Gasteiger partial charge in [0.2, 0.25) is 0 Å². The van der Waals surface area contributed by atoms with Gasteiger partial charge in [-0.05, 0) is 44.2 Å². The molecule has 3 atom stereocenters. The van der Waals surface area contributed by atoms with Crippen LogP contribution in [0.25, 0.3) is 0 Å². The lowest BCUT2D eigenvalue weighted by atomic mass is 9.87. The highest BCUT2D eigenvalue weighted by molar-refractivity contribution is 5.35. The molecule has 3 unspecified atom stereocenters. The minimum Gasteiger partial charge on any atom is -0.393 e. The molecule has 2 rings (SSSR count). The van der Waals surface area contributed by atoms with E-state index >= 15 is 0 Å². The summed E-state index contributed by atoms with van der Waals surface area (Å²) in [6, 6.07) is 6.83. The lowest BCUT2D eigenvalue weighted by Gasteiger charge is -2.27. The first-order chi connectivity index (χ1) is 9.56. The van der Waals surface area contributed by atoms with Crippen molar-refractivity contribution in [1.29, 1.82) is 0 Å². The van der Waals surface area contributed by atoms with Crippen LogP contribution >= 0.6 is 0 Å². The first-order valence-corrected chi connectivity index (χ1v) is 7.22. The third kappa shape index (κ3) is 4.02. The Morgan fingerprint density at radius 3 is 3.00 bits per heavy atom. The van der Waals surface area contributed by atoms with Crippen LogP contribution in [-0.4, -0.2) is 22.7 Å². The van der Waals surface area contributed by atoms with Crippen molar-refractivity contribution in [3.05, 3.63) is 39.9 Å². The van der Waals surface area contributed by atoms with Gasteiger partial charge in [-0.25, -0.2) is 0 Å². The summed E-state index contributed by atoms with van der Waals surface area (Å²) < 4.78 is 0. The molecule has 5 nitrogen and oxygen atoms in total. The fraction of sp³-hybridized carbons (Fsp3) is 0.600. The molecule has 1 aliphatic rings. The van der Waals surface area contributed by atoms with Gasteiger partial charge in [0.15, 0.2) is 0 Å². The molecule has 2 N–H and O–H groups in total. The van der Waals surface area contributed by atoms with E-state index in [9.17, 15) is 15.2 Å². The summed E-state index contributed by atoms with van der Waals surface area (Å²) in [5.41, 5.74) is 1.06. The maximum absolute atomic E-state index is 10.8. The van der Waals surface area contributed by atoms with Crippen molar-refractivity contribution in [2.75, 3.05) is 6.54 Å². The molecule has 20 heavy (non-hydrogen) atoms. The largest absolute Gasteiger partial charge is 0.393 e. The monoisotopic (exact) mass is 278 g/mol. The van der Waals surface area contributed by atoms with Gasteiger partial charge in [-0.2, -0.15) is 0 Å². The fourth-order valence-electron chi connectivity index (χ4n) is 2.82. The van der Waals surface area contributed by atoms with E-state index in [4.69, 9.17) is 0 Å². The number of nitro groups is 1. The summed E-state index contributed by atoms with van der Waals surface area (Å²) in [7, 11) is 0. The van der Waals surface area contributed by atoms with Crippen molar-refractivity contribution < 1.29 is 10.0 Å². The molecule has 0 radical (unpaired) electrons. The number of hydrogen-bond donors (Lipinski definition) is 2. The van der Waals surface area contributed by atoms with Crippen LogP contribution in [0.2, 0.25) is 0 Å². The Morgan fingerprint density at radius 1 is 1.50 bits per heavy atom. The molecule has 1 aromatic carbocycles. The van der Waals surface area contributed by atoms with E-state index in [2.05, 4.69) is 5.32 Å². The van der Waals surface area contributed by atoms with Gasteiger partial charge in [0.25, 0.3) is 5.69 Å². The number of nitrogens with one attached hydrogen (secondary N) is 1. The molecule has 0 amide bonds. The van der Waals surface area contributed by atoms with Gasteiger partial charge < -0.3 is 10.4 Å². The zero-order chi connectivity index (χ0) is 14.5. The van der Waals surface area contributed by atoms with Gasteiger partial charge in [-0.15, -0.1) is 0 Å². The van der Waals surface area contributed by atoms with Crippen LogP contribution in [-0.2, 0) is 0 Å². The predicted molar refractivity (Wildman–Crippen MR) is 77.5 cm³/mol. The van der Waals surface area contributed by atoms with Gasteiger partial charge in [-0.1, -0.05) is 18.6 Å². The second kappa shape index (κ2) is 6.81. The third-order valence-electron chi connectivity index (χ3n) is 4.05. The van der Waals surface area contributed by atoms with Crippen LogP contribution in [0.5, 0.6) is 0 Å². The molecule has 1 aromatic rings. The average Bonchev–Trinajstić information content (AvgIpc) is 2.45. The smallest absolute Gasteiger partial charge is 0.269 e. The molecule has 0 heterocycles. The van der Waals surface area contributed by atoms with Crippen molar-refractivity contribution in [2.45, 2.75) is 44.8 Å². The highest BCUT2D eigenvalue weighted by Crippen LogP contribution is 2.25. The molecule has 1 fully saturated rings. The Labute approximate surface area is 119 Å². The SMILES string of the molecule is CC(NCC1CCCC(O)C1)c1cccc([N+](=O)[O-])c1. The number of nitrogens with zero attached hydrogens (tertiary/aromatic N) is 1. The van der Waals surface area contributed by atoms with E-state index in [0.717, 1.165) is 37.8 Å². The summed E-state index contributed by atoms with van der Waals surface area (Å²) in [5.74, 6) is 0.500. The van der Waals surface area contributed by atoms with Gasteiger partial charge >= 0.3 is 0 Å². The molecule has 1 aliphatic carbocycles. The van der Waals surface area contributed by atoms with Gasteiger partial charge in [0, 0.05) is 18.2 Å². The van der Waals surface area contributed by atoms with Crippen LogP contribution in [0.15, 0.2) is 24.3 Å². The first-order valence-electron chi connectivity index (χ1n) is 7.22. The Balaban J connectivity index is 1.89. The van der Waals surface area contributed by atoms with Crippen LogP contribution in [0.4, 0.5) is 5.69 Å². The molecule has 0 spiro atoms. The van der Waals surface area contributed by atoms with Crippen molar-refractivity contribution in [3.63, 3.8) is 0 Å². The number of hydrogen-bond acceptors (Lipinski definition) is 4. The van der Waals surface area contributed by atoms with E-state index in [0.29, 0.717) is 5.92 Å². The molecular weight excluding hydrogens is 256 g/mol. The fourth-order valence-corrected chi connectivity index (χ4v) is 2.82. The molecular formula is C15H22N2O3. The van der Waals surface area contributed by atoms with E-state index in [1.165, 1.54) is 6.07 Å². The maximum Gasteiger partial charge on any atom is 0.269 e. The third-order valence-corrected chi connectivity index (χ3v) is 4.05. The molecule has 0 aromatic heterocycles. The number of benzene rings is 1. The van der Waals surface area contributed by atoms with Gasteiger partial charge in [0.1, 0.15) is 0 Å².